The molecule has 0 saturated carbocycles. The Morgan fingerprint density at radius 1 is 0.356 bits per heavy atom. The van der Waals surface area contributed by atoms with Crippen LogP contribution >= 0.6 is 0 Å². The second-order valence-electron chi connectivity index (χ2n) is 21.9. The molecule has 87 heavy (non-hydrogen) atoms. The molecular weight excluding hydrogens is 1140 g/mol. The first-order valence-corrected chi connectivity index (χ1v) is 30.7. The van der Waals surface area contributed by atoms with Gasteiger partial charge >= 0.3 is 18.1 Å². The number of ether oxygens (including phenoxy) is 9. The van der Waals surface area contributed by atoms with Crippen molar-refractivity contribution in [3.63, 3.8) is 0 Å². The van der Waals surface area contributed by atoms with E-state index in [9.17, 15) is 43.2 Å². The third-order valence-electron chi connectivity index (χ3n) is 15.4. The van der Waals surface area contributed by atoms with Gasteiger partial charge in [0.1, 0.15) is 0 Å². The maximum Gasteiger partial charge on any atom is 0.315 e. The topological polar surface area (TPSA) is 381 Å². The SMILES string of the molecule is O=C(CCCCC1OCC2NC(=O)NC21)NCCOCCOCCNC(=O)c1cc(C(=O)NCCOCCOCCNC(=O)CCCCC2OCC3NC(=O)NC32)cc(C(=O)NCCOCCOCCNC(=O)CCCCC2OCC3NC(=O)NC32)c1. The number of benzene rings is 1. The minimum absolute atomic E-state index is 0.00441. The number of carbonyl (C=O) groups excluding carboxylic acids is 9. The van der Waals surface area contributed by atoms with Gasteiger partial charge in [-0.1, -0.05) is 19.3 Å². The lowest BCUT2D eigenvalue weighted by Crippen LogP contribution is -2.37. The molecule has 0 aliphatic carbocycles. The molecule has 6 heterocycles. The van der Waals surface area contributed by atoms with E-state index < -0.39 is 17.7 Å². The van der Waals surface area contributed by atoms with E-state index >= 15 is 0 Å². The fourth-order valence-electron chi connectivity index (χ4n) is 10.9. The summed E-state index contributed by atoms with van der Waals surface area (Å²) >= 11 is 0. The van der Waals surface area contributed by atoms with Crippen LogP contribution in [0.15, 0.2) is 18.2 Å². The zero-order chi connectivity index (χ0) is 61.4. The predicted molar refractivity (Wildman–Crippen MR) is 310 cm³/mol. The molecule has 1 aromatic rings. The second-order valence-corrected chi connectivity index (χ2v) is 21.9. The van der Waals surface area contributed by atoms with Crippen molar-refractivity contribution in [1.29, 1.82) is 0 Å². The minimum Gasteiger partial charge on any atom is -0.377 e. The van der Waals surface area contributed by atoms with Crippen molar-refractivity contribution < 1.29 is 85.8 Å². The molecule has 6 saturated heterocycles. The average Bonchev–Trinajstić information content (AvgIpc) is 2.69. The average molecular weight is 1230 g/mol. The van der Waals surface area contributed by atoms with Crippen LogP contribution in [0.5, 0.6) is 0 Å². The van der Waals surface area contributed by atoms with Gasteiger partial charge in [0.15, 0.2) is 0 Å². The predicted octanol–water partition coefficient (Wildman–Crippen LogP) is -1.65. The molecule has 30 heteroatoms. The third-order valence-corrected chi connectivity index (χ3v) is 15.4. The first-order chi connectivity index (χ1) is 42.4. The van der Waals surface area contributed by atoms with Crippen LogP contribution in [0.25, 0.3) is 0 Å². The van der Waals surface area contributed by atoms with Gasteiger partial charge in [0.05, 0.1) is 154 Å². The zero-order valence-corrected chi connectivity index (χ0v) is 49.6. The number of unbranched alkanes of at least 4 members (excludes halogenated alkanes) is 3. The van der Waals surface area contributed by atoms with Crippen molar-refractivity contribution in [2.45, 2.75) is 132 Å². The van der Waals surface area contributed by atoms with E-state index in [1.165, 1.54) is 18.2 Å². The quantitative estimate of drug-likeness (QED) is 0.0326. The van der Waals surface area contributed by atoms with Crippen LogP contribution in [0, 0.1) is 0 Å². The molecule has 0 spiro atoms. The van der Waals surface area contributed by atoms with Crippen LogP contribution in [0.2, 0.25) is 0 Å². The van der Waals surface area contributed by atoms with E-state index in [0.29, 0.717) is 97.8 Å². The maximum atomic E-state index is 13.4. The lowest BCUT2D eigenvalue weighted by Gasteiger charge is -2.16. The van der Waals surface area contributed by atoms with Crippen LogP contribution < -0.4 is 63.8 Å². The molecule has 9 atom stereocenters. The van der Waals surface area contributed by atoms with E-state index in [1.54, 1.807) is 0 Å². The molecule has 6 aliphatic heterocycles. The molecule has 7 rings (SSSR count). The van der Waals surface area contributed by atoms with Crippen molar-refractivity contribution in [2.75, 3.05) is 138 Å². The van der Waals surface area contributed by atoms with E-state index in [4.69, 9.17) is 42.6 Å². The van der Waals surface area contributed by atoms with E-state index in [1.807, 2.05) is 0 Å². The summed E-state index contributed by atoms with van der Waals surface area (Å²) < 4.78 is 50.8. The molecular formula is C57H90N12O18. The summed E-state index contributed by atoms with van der Waals surface area (Å²) in [4.78, 5) is 112. The number of hydrogen-bond donors (Lipinski definition) is 12. The molecule has 0 aromatic heterocycles. The van der Waals surface area contributed by atoms with Crippen LogP contribution in [0.1, 0.15) is 108 Å². The Kier molecular flexibility index (Phi) is 29.7. The van der Waals surface area contributed by atoms with Gasteiger partial charge in [-0.05, 0) is 56.7 Å². The highest BCUT2D eigenvalue weighted by Gasteiger charge is 2.45. The van der Waals surface area contributed by atoms with E-state index in [2.05, 4.69) is 63.8 Å². The molecule has 0 bridgehead atoms. The van der Waals surface area contributed by atoms with Gasteiger partial charge < -0.3 is 106 Å². The Bertz CT molecular complexity index is 2130. The highest BCUT2D eigenvalue weighted by Crippen LogP contribution is 2.25. The summed E-state index contributed by atoms with van der Waals surface area (Å²) in [6.07, 6.45) is 7.77. The van der Waals surface area contributed by atoms with Crippen molar-refractivity contribution in [1.82, 2.24) is 63.8 Å². The minimum atomic E-state index is -0.535. The fourth-order valence-corrected chi connectivity index (χ4v) is 10.9. The third kappa shape index (κ3) is 24.2. The lowest BCUT2D eigenvalue weighted by molar-refractivity contribution is -0.122. The van der Waals surface area contributed by atoms with Crippen LogP contribution in [-0.4, -0.2) is 246 Å². The Labute approximate surface area is 506 Å². The van der Waals surface area contributed by atoms with Crippen molar-refractivity contribution in [2.24, 2.45) is 0 Å². The number of urea groups is 3. The molecule has 0 radical (unpaired) electrons. The molecule has 12 amide bonds. The van der Waals surface area contributed by atoms with Gasteiger partial charge in [-0.25, -0.2) is 14.4 Å². The number of rotatable bonds is 45. The summed E-state index contributed by atoms with van der Waals surface area (Å²) in [6.45, 7) is 5.74. The Morgan fingerprint density at radius 2 is 0.609 bits per heavy atom. The molecule has 6 aliphatic rings. The van der Waals surface area contributed by atoms with E-state index in [-0.39, 0.29) is 186 Å². The Morgan fingerprint density at radius 3 is 0.874 bits per heavy atom. The Balaban J connectivity index is 0.719. The smallest absolute Gasteiger partial charge is 0.315 e. The van der Waals surface area contributed by atoms with Gasteiger partial charge in [-0.3, -0.25) is 28.8 Å². The molecule has 12 N–H and O–H groups in total. The molecule has 30 nitrogen and oxygen atoms in total. The highest BCUT2D eigenvalue weighted by molar-refractivity contribution is 6.04. The zero-order valence-electron chi connectivity index (χ0n) is 49.6. The van der Waals surface area contributed by atoms with Gasteiger partial charge in [-0.2, -0.15) is 0 Å². The van der Waals surface area contributed by atoms with Gasteiger partial charge in [0.25, 0.3) is 17.7 Å². The number of carbonyl (C=O) groups is 9. The summed E-state index contributed by atoms with van der Waals surface area (Å²) in [5.74, 6) is -1.83. The van der Waals surface area contributed by atoms with Crippen molar-refractivity contribution in [3.05, 3.63) is 34.9 Å². The number of amides is 12. The normalized spacial score (nSPS) is 23.0. The highest BCUT2D eigenvalue weighted by atomic mass is 16.5. The van der Waals surface area contributed by atoms with Crippen molar-refractivity contribution >= 4 is 53.5 Å². The monoisotopic (exact) mass is 1230 g/mol. The fraction of sp³-hybridized carbons (Fsp3) is 0.737. The second kappa shape index (κ2) is 38.0. The molecule has 1 aromatic carbocycles. The summed E-state index contributed by atoms with van der Waals surface area (Å²) in [7, 11) is 0. The maximum absolute atomic E-state index is 13.4. The summed E-state index contributed by atoms with van der Waals surface area (Å²) in [6, 6.07) is 3.61. The Hall–Kier alpha value is -6.51. The number of fused-ring (bicyclic) bond motifs is 3. The molecule has 6 fully saturated rings. The molecule has 9 unspecified atom stereocenters. The van der Waals surface area contributed by atoms with Gasteiger partial charge in [0, 0.05) is 75.2 Å². The van der Waals surface area contributed by atoms with Crippen LogP contribution in [-0.2, 0) is 57.0 Å². The largest absolute Gasteiger partial charge is 0.377 e. The van der Waals surface area contributed by atoms with Crippen LogP contribution in [0.3, 0.4) is 0 Å². The number of hydrogen-bond acceptors (Lipinski definition) is 18. The first kappa shape index (κ1) is 68.0. The van der Waals surface area contributed by atoms with Gasteiger partial charge in [-0.15, -0.1) is 0 Å². The lowest BCUT2D eigenvalue weighted by atomic mass is 10.0. The molecule has 486 valence electrons. The summed E-state index contributed by atoms with van der Waals surface area (Å²) in [5, 5.41) is 34.0. The van der Waals surface area contributed by atoms with Crippen molar-refractivity contribution in [3.8, 4) is 0 Å². The first-order valence-electron chi connectivity index (χ1n) is 30.7. The summed E-state index contributed by atoms with van der Waals surface area (Å²) in [5.41, 5.74) is 0.217. The van der Waals surface area contributed by atoms with E-state index in [0.717, 1.165) is 38.5 Å². The standard InChI is InChI=1S/C57H90N12O18/c70-46(10-4-1-7-43-49-40(34-85-43)64-55(76)67-49)58-13-19-79-25-28-82-22-16-61-52(73)37-31-38(53(74)62-17-23-83-29-26-80-20-14-59-47(71)11-5-2-8-44-50-41(35-86-44)65-56(77)68-50)33-39(32-37)54(75)63-18-24-84-30-27-81-21-15-60-48(72)12-6-3-9-45-51-42(36-87-45)66-57(78)69-51/h31-33,40-45,49-51H,1-30,34-36H2,(H,58,70)(H,59,71)(H,60,72)(H,61,73)(H,62,74)(H,63,75)(H2,64,67,76)(H2,65,68,77)(H2,66,69,78). The van der Waals surface area contributed by atoms with Crippen LogP contribution in [0.4, 0.5) is 14.4 Å². The van der Waals surface area contributed by atoms with Gasteiger partial charge in [0.2, 0.25) is 17.7 Å². The number of nitrogens with one attached hydrogen (secondary N) is 12.